The summed E-state index contributed by atoms with van der Waals surface area (Å²) in [6.07, 6.45) is 2.71. The number of carbonyl (C=O) groups excluding carboxylic acids is 1. The number of esters is 1. The number of halogens is 2. The summed E-state index contributed by atoms with van der Waals surface area (Å²) in [5.74, 6) is 0.688. The Morgan fingerprint density at radius 2 is 2.24 bits per heavy atom. The molecule has 0 aliphatic carbocycles. The molecule has 4 nitrogen and oxygen atoms in total. The lowest BCUT2D eigenvalue weighted by Crippen LogP contribution is -2.31. The van der Waals surface area contributed by atoms with Gasteiger partial charge in [0.2, 0.25) is 0 Å². The van der Waals surface area contributed by atoms with Gasteiger partial charge in [0.25, 0.3) is 0 Å². The fourth-order valence-electron chi connectivity index (χ4n) is 2.42. The fraction of sp³-hybridized carbons (Fsp3) is 0.533. The highest BCUT2D eigenvalue weighted by Gasteiger charge is 2.31. The molecule has 1 heterocycles. The average Bonchev–Trinajstić information content (AvgIpc) is 2.90. The van der Waals surface area contributed by atoms with E-state index in [0.29, 0.717) is 13.0 Å². The van der Waals surface area contributed by atoms with Gasteiger partial charge in [0.15, 0.2) is 0 Å². The molecule has 0 radical (unpaired) electrons. The van der Waals surface area contributed by atoms with E-state index in [1.807, 2.05) is 12.1 Å². The van der Waals surface area contributed by atoms with E-state index in [1.54, 1.807) is 0 Å². The zero-order chi connectivity index (χ0) is 14.5. The Morgan fingerprint density at radius 1 is 1.48 bits per heavy atom. The monoisotopic (exact) mass is 377 g/mol. The van der Waals surface area contributed by atoms with Crippen LogP contribution in [-0.2, 0) is 16.0 Å². The molecule has 1 N–H and O–H groups in total. The molecule has 118 valence electrons. The van der Waals surface area contributed by atoms with Crippen LogP contribution in [0.5, 0.6) is 5.75 Å². The molecule has 2 rings (SSSR count). The van der Waals surface area contributed by atoms with Crippen molar-refractivity contribution in [3.8, 4) is 5.75 Å². The van der Waals surface area contributed by atoms with Crippen LogP contribution in [0.2, 0.25) is 0 Å². The molecule has 0 saturated carbocycles. The lowest BCUT2D eigenvalue weighted by molar-refractivity contribution is -0.142. The lowest BCUT2D eigenvalue weighted by atomic mass is 10.1. The Bertz CT molecular complexity index is 484. The number of carbonyl (C=O) groups is 1. The maximum Gasteiger partial charge on any atom is 0.323 e. The zero-order valence-electron chi connectivity index (χ0n) is 12.2. The van der Waals surface area contributed by atoms with Crippen LogP contribution in [0.15, 0.2) is 22.7 Å². The van der Waals surface area contributed by atoms with Gasteiger partial charge in [0.1, 0.15) is 17.9 Å². The highest BCUT2D eigenvalue weighted by Crippen LogP contribution is 2.27. The molecular weight excluding hydrogens is 358 g/mol. The Morgan fingerprint density at radius 3 is 2.90 bits per heavy atom. The van der Waals surface area contributed by atoms with Gasteiger partial charge in [0, 0.05) is 17.4 Å². The molecule has 0 spiro atoms. The second-order valence-electron chi connectivity index (χ2n) is 4.96. The lowest BCUT2D eigenvalue weighted by Gasteiger charge is -2.16. The Kier molecular flexibility index (Phi) is 7.49. The van der Waals surface area contributed by atoms with Crippen LogP contribution in [0, 0.1) is 0 Å². The maximum absolute atomic E-state index is 11.5. The largest absolute Gasteiger partial charge is 0.489 e. The van der Waals surface area contributed by atoms with E-state index in [2.05, 4.69) is 34.2 Å². The molecule has 21 heavy (non-hydrogen) atoms. The van der Waals surface area contributed by atoms with Crippen molar-refractivity contribution in [1.29, 1.82) is 0 Å². The van der Waals surface area contributed by atoms with Crippen molar-refractivity contribution in [2.75, 3.05) is 13.7 Å². The number of hydrogen-bond donors (Lipinski definition) is 1. The molecule has 0 bridgehead atoms. The number of hydrogen-bond acceptors (Lipinski definition) is 4. The summed E-state index contributed by atoms with van der Waals surface area (Å²) in [4.78, 5) is 11.5. The van der Waals surface area contributed by atoms with Gasteiger partial charge in [-0.2, -0.15) is 0 Å². The third kappa shape index (κ3) is 4.87. The number of aryl methyl sites for hydroxylation is 1. The molecule has 1 fully saturated rings. The molecular formula is C15H21BrClNO3. The Balaban J connectivity index is 0.00000220. The van der Waals surface area contributed by atoms with Gasteiger partial charge in [-0.1, -0.05) is 29.3 Å². The quantitative estimate of drug-likeness (QED) is 0.800. The molecule has 6 heteroatoms. The van der Waals surface area contributed by atoms with Gasteiger partial charge < -0.3 is 14.8 Å². The minimum absolute atomic E-state index is 0. The summed E-state index contributed by atoms with van der Waals surface area (Å²) >= 11 is 3.49. The second kappa shape index (κ2) is 8.61. The van der Waals surface area contributed by atoms with Crippen molar-refractivity contribution in [3.63, 3.8) is 0 Å². The third-order valence-corrected chi connectivity index (χ3v) is 3.90. The first-order valence-electron chi connectivity index (χ1n) is 6.90. The number of methoxy groups -OCH3 is 1. The van der Waals surface area contributed by atoms with E-state index in [-0.39, 0.29) is 30.5 Å². The molecule has 0 unspecified atom stereocenters. The molecule has 1 saturated heterocycles. The van der Waals surface area contributed by atoms with Crippen LogP contribution in [0.3, 0.4) is 0 Å². The SMILES string of the molecule is CCCc1cc(Br)ccc1O[C@@H]1CN[C@H](C(=O)OC)C1.Cl. The summed E-state index contributed by atoms with van der Waals surface area (Å²) in [5, 5.41) is 3.13. The van der Waals surface area contributed by atoms with Crippen LogP contribution in [-0.4, -0.2) is 31.8 Å². The van der Waals surface area contributed by atoms with Gasteiger partial charge >= 0.3 is 5.97 Å². The van der Waals surface area contributed by atoms with Crippen molar-refractivity contribution in [3.05, 3.63) is 28.2 Å². The number of nitrogens with one attached hydrogen (secondary N) is 1. The van der Waals surface area contributed by atoms with Crippen molar-refractivity contribution < 1.29 is 14.3 Å². The van der Waals surface area contributed by atoms with E-state index in [0.717, 1.165) is 23.1 Å². The van der Waals surface area contributed by atoms with Gasteiger partial charge in [-0.25, -0.2) is 0 Å². The number of ether oxygens (including phenoxy) is 2. The number of benzene rings is 1. The van der Waals surface area contributed by atoms with E-state index in [9.17, 15) is 4.79 Å². The first-order valence-corrected chi connectivity index (χ1v) is 7.69. The predicted octanol–water partition coefficient (Wildman–Crippen LogP) is 3.11. The highest BCUT2D eigenvalue weighted by atomic mass is 79.9. The molecule has 0 amide bonds. The molecule has 1 aromatic rings. The standard InChI is InChI=1S/C15H20BrNO3.ClH/c1-3-4-10-7-11(16)5-6-14(10)20-12-8-13(17-9-12)15(18)19-2;/h5-7,12-13,17H,3-4,8-9H2,1-2H3;1H/t12-,13-;/m0./s1. The Hall–Kier alpha value is -0.780. The normalized spacial score (nSPS) is 20.7. The van der Waals surface area contributed by atoms with E-state index in [1.165, 1.54) is 12.7 Å². The molecule has 0 aromatic heterocycles. The zero-order valence-corrected chi connectivity index (χ0v) is 14.6. The molecule has 1 aromatic carbocycles. The maximum atomic E-state index is 11.5. The Labute approximate surface area is 140 Å². The first-order chi connectivity index (χ1) is 9.63. The van der Waals surface area contributed by atoms with Crippen LogP contribution in [0.4, 0.5) is 0 Å². The fourth-order valence-corrected chi connectivity index (χ4v) is 2.83. The van der Waals surface area contributed by atoms with E-state index >= 15 is 0 Å². The smallest absolute Gasteiger partial charge is 0.323 e. The van der Waals surface area contributed by atoms with Gasteiger partial charge in [0.05, 0.1) is 7.11 Å². The minimum Gasteiger partial charge on any atom is -0.489 e. The minimum atomic E-state index is -0.255. The van der Waals surface area contributed by atoms with Crippen molar-refractivity contribution in [2.24, 2.45) is 0 Å². The van der Waals surface area contributed by atoms with E-state index in [4.69, 9.17) is 9.47 Å². The van der Waals surface area contributed by atoms with Gasteiger partial charge in [-0.15, -0.1) is 12.4 Å². The second-order valence-corrected chi connectivity index (χ2v) is 5.88. The third-order valence-electron chi connectivity index (χ3n) is 3.41. The van der Waals surface area contributed by atoms with Crippen molar-refractivity contribution in [1.82, 2.24) is 5.32 Å². The van der Waals surface area contributed by atoms with Crippen molar-refractivity contribution >= 4 is 34.3 Å². The van der Waals surface area contributed by atoms with Gasteiger partial charge in [-0.3, -0.25) is 4.79 Å². The van der Waals surface area contributed by atoms with E-state index < -0.39 is 0 Å². The topological polar surface area (TPSA) is 47.6 Å². The molecule has 1 aliphatic rings. The average molecular weight is 379 g/mol. The summed E-state index contributed by atoms with van der Waals surface area (Å²) in [6, 6.07) is 5.81. The van der Waals surface area contributed by atoms with Gasteiger partial charge in [-0.05, 0) is 30.2 Å². The summed E-state index contributed by atoms with van der Waals surface area (Å²) in [7, 11) is 1.41. The van der Waals surface area contributed by atoms with Crippen molar-refractivity contribution in [2.45, 2.75) is 38.3 Å². The van der Waals surface area contributed by atoms with Crippen LogP contribution < -0.4 is 10.1 Å². The first kappa shape index (κ1) is 18.3. The number of rotatable bonds is 5. The molecule has 2 atom stereocenters. The molecule has 1 aliphatic heterocycles. The highest BCUT2D eigenvalue weighted by molar-refractivity contribution is 9.10. The van der Waals surface area contributed by atoms with Crippen LogP contribution >= 0.6 is 28.3 Å². The van der Waals surface area contributed by atoms with Crippen LogP contribution in [0.25, 0.3) is 0 Å². The summed E-state index contributed by atoms with van der Waals surface area (Å²) < 4.78 is 11.9. The van der Waals surface area contributed by atoms with Crippen LogP contribution in [0.1, 0.15) is 25.3 Å². The predicted molar refractivity (Wildman–Crippen MR) is 88.2 cm³/mol. The summed E-state index contributed by atoms with van der Waals surface area (Å²) in [6.45, 7) is 2.82. The summed E-state index contributed by atoms with van der Waals surface area (Å²) in [5.41, 5.74) is 1.20.